The van der Waals surface area contributed by atoms with Crippen molar-refractivity contribution < 1.29 is 4.74 Å². The van der Waals surface area contributed by atoms with Crippen LogP contribution in [0.2, 0.25) is 0 Å². The van der Waals surface area contributed by atoms with Gasteiger partial charge in [-0.15, -0.1) is 0 Å². The van der Waals surface area contributed by atoms with Crippen molar-refractivity contribution in [2.75, 3.05) is 7.11 Å². The molecule has 2 aromatic heterocycles. The summed E-state index contributed by atoms with van der Waals surface area (Å²) in [5, 5.41) is 4.49. The number of methoxy groups -OCH3 is 1. The second kappa shape index (κ2) is 5.90. The maximum absolute atomic E-state index is 12.1. The van der Waals surface area contributed by atoms with Crippen LogP contribution in [0.15, 0.2) is 16.9 Å². The van der Waals surface area contributed by atoms with Crippen molar-refractivity contribution in [3.05, 3.63) is 39.6 Å². The number of ether oxygens (including phenoxy) is 1. The molecule has 0 aliphatic heterocycles. The first-order chi connectivity index (χ1) is 9.58. The van der Waals surface area contributed by atoms with Gasteiger partial charge < -0.3 is 4.74 Å². The Balaban J connectivity index is 2.44. The highest BCUT2D eigenvalue weighted by molar-refractivity contribution is 5.14. The first-order valence-corrected chi connectivity index (χ1v) is 6.77. The van der Waals surface area contributed by atoms with Crippen molar-refractivity contribution >= 4 is 0 Å². The van der Waals surface area contributed by atoms with Gasteiger partial charge in [-0.25, -0.2) is 4.98 Å². The minimum absolute atomic E-state index is 0.115. The fourth-order valence-electron chi connectivity index (χ4n) is 2.15. The van der Waals surface area contributed by atoms with Crippen LogP contribution in [0.5, 0.6) is 6.01 Å². The molecule has 0 bridgehead atoms. The van der Waals surface area contributed by atoms with Gasteiger partial charge in [0.15, 0.2) is 0 Å². The number of hydrogen-bond donors (Lipinski definition) is 0. The van der Waals surface area contributed by atoms with Crippen LogP contribution in [0.4, 0.5) is 0 Å². The third kappa shape index (κ3) is 2.74. The van der Waals surface area contributed by atoms with Gasteiger partial charge in [-0.2, -0.15) is 5.10 Å². The molecule has 0 saturated heterocycles. The molecule has 0 unspecified atom stereocenters. The van der Waals surface area contributed by atoms with Crippen molar-refractivity contribution in [2.45, 2.75) is 40.3 Å². The fourth-order valence-corrected chi connectivity index (χ4v) is 2.15. The molecule has 108 valence electrons. The summed E-state index contributed by atoms with van der Waals surface area (Å²) in [6, 6.07) is 3.86. The predicted molar refractivity (Wildman–Crippen MR) is 76.2 cm³/mol. The molecule has 0 aliphatic rings. The Morgan fingerprint density at radius 1 is 1.30 bits per heavy atom. The van der Waals surface area contributed by atoms with Crippen molar-refractivity contribution in [2.24, 2.45) is 0 Å². The molecule has 0 spiro atoms. The summed E-state index contributed by atoms with van der Waals surface area (Å²) in [7, 11) is 1.52. The van der Waals surface area contributed by atoms with Crippen LogP contribution >= 0.6 is 0 Å². The van der Waals surface area contributed by atoms with Gasteiger partial charge in [0.25, 0.3) is 11.6 Å². The number of aryl methyl sites for hydroxylation is 3. The van der Waals surface area contributed by atoms with Crippen LogP contribution in [-0.4, -0.2) is 26.4 Å². The summed E-state index contributed by atoms with van der Waals surface area (Å²) in [4.78, 5) is 16.4. The van der Waals surface area contributed by atoms with Crippen molar-refractivity contribution in [3.8, 4) is 6.01 Å². The number of hydrogen-bond acceptors (Lipinski definition) is 4. The summed E-state index contributed by atoms with van der Waals surface area (Å²) >= 11 is 0. The molecule has 0 N–H and O–H groups in total. The maximum Gasteiger partial charge on any atom is 0.299 e. The van der Waals surface area contributed by atoms with Gasteiger partial charge in [0.05, 0.1) is 25.0 Å². The SMILES string of the molecule is CCc1cc(Cn2c(OC)nc(C)cc2=O)n(CC)n1. The van der Waals surface area contributed by atoms with E-state index in [1.165, 1.54) is 17.7 Å². The summed E-state index contributed by atoms with van der Waals surface area (Å²) in [6.45, 7) is 7.05. The van der Waals surface area contributed by atoms with E-state index < -0.39 is 0 Å². The predicted octanol–water partition coefficient (Wildman–Crippen LogP) is 1.39. The normalized spacial score (nSPS) is 10.8. The van der Waals surface area contributed by atoms with Crippen LogP contribution in [0.3, 0.4) is 0 Å². The van der Waals surface area contributed by atoms with Gasteiger partial charge in [0, 0.05) is 18.3 Å². The highest BCUT2D eigenvalue weighted by Gasteiger charge is 2.12. The van der Waals surface area contributed by atoms with Crippen molar-refractivity contribution in [1.82, 2.24) is 19.3 Å². The Labute approximate surface area is 118 Å². The highest BCUT2D eigenvalue weighted by atomic mass is 16.5. The third-order valence-corrected chi connectivity index (χ3v) is 3.18. The molecular formula is C14H20N4O2. The van der Waals surface area contributed by atoms with E-state index in [-0.39, 0.29) is 5.56 Å². The highest BCUT2D eigenvalue weighted by Crippen LogP contribution is 2.11. The lowest BCUT2D eigenvalue weighted by molar-refractivity contribution is 0.347. The summed E-state index contributed by atoms with van der Waals surface area (Å²) in [5.74, 6) is 0. The average Bonchev–Trinajstić information content (AvgIpc) is 2.83. The lowest BCUT2D eigenvalue weighted by atomic mass is 10.3. The molecule has 0 amide bonds. The second-order valence-electron chi connectivity index (χ2n) is 4.60. The smallest absolute Gasteiger partial charge is 0.299 e. The first-order valence-electron chi connectivity index (χ1n) is 6.77. The lowest BCUT2D eigenvalue weighted by Crippen LogP contribution is -2.24. The topological polar surface area (TPSA) is 61.9 Å². The Hall–Kier alpha value is -2.11. The summed E-state index contributed by atoms with van der Waals surface area (Å²) in [5.41, 5.74) is 2.54. The van der Waals surface area contributed by atoms with Gasteiger partial charge in [-0.1, -0.05) is 6.92 Å². The first kappa shape index (κ1) is 14.3. The number of nitrogens with zero attached hydrogens (tertiary/aromatic N) is 4. The molecule has 0 radical (unpaired) electrons. The Kier molecular flexibility index (Phi) is 4.22. The molecule has 0 aromatic carbocycles. The molecule has 2 rings (SSSR count). The van der Waals surface area contributed by atoms with E-state index in [4.69, 9.17) is 4.74 Å². The maximum atomic E-state index is 12.1. The zero-order chi connectivity index (χ0) is 14.7. The number of aromatic nitrogens is 4. The van der Waals surface area contributed by atoms with Crippen molar-refractivity contribution in [3.63, 3.8) is 0 Å². The largest absolute Gasteiger partial charge is 0.468 e. The third-order valence-electron chi connectivity index (χ3n) is 3.18. The Morgan fingerprint density at radius 2 is 2.05 bits per heavy atom. The molecule has 0 atom stereocenters. The van der Waals surface area contributed by atoms with E-state index in [2.05, 4.69) is 17.0 Å². The van der Waals surface area contributed by atoms with Crippen LogP contribution in [0.1, 0.15) is 30.9 Å². The van der Waals surface area contributed by atoms with E-state index in [1.54, 1.807) is 6.92 Å². The average molecular weight is 276 g/mol. The van der Waals surface area contributed by atoms with Crippen LogP contribution in [0, 0.1) is 6.92 Å². The van der Waals surface area contributed by atoms with Gasteiger partial charge in [0.1, 0.15) is 0 Å². The molecule has 6 nitrogen and oxygen atoms in total. The zero-order valence-electron chi connectivity index (χ0n) is 12.4. The van der Waals surface area contributed by atoms with E-state index in [0.717, 1.165) is 24.4 Å². The number of rotatable bonds is 5. The van der Waals surface area contributed by atoms with Gasteiger partial charge in [-0.05, 0) is 26.3 Å². The van der Waals surface area contributed by atoms with Crippen LogP contribution in [0.25, 0.3) is 0 Å². The van der Waals surface area contributed by atoms with E-state index in [1.807, 2.05) is 17.7 Å². The Morgan fingerprint density at radius 3 is 2.65 bits per heavy atom. The van der Waals surface area contributed by atoms with Crippen LogP contribution in [-0.2, 0) is 19.5 Å². The second-order valence-corrected chi connectivity index (χ2v) is 4.60. The lowest BCUT2D eigenvalue weighted by Gasteiger charge is -2.11. The summed E-state index contributed by atoms with van der Waals surface area (Å²) < 4.78 is 8.64. The minimum atomic E-state index is -0.115. The van der Waals surface area contributed by atoms with E-state index in [9.17, 15) is 4.79 Å². The van der Waals surface area contributed by atoms with Gasteiger partial charge in [-0.3, -0.25) is 14.0 Å². The Bertz CT molecular complexity index is 658. The molecule has 2 aromatic rings. The molecule has 6 heteroatoms. The minimum Gasteiger partial charge on any atom is -0.468 e. The van der Waals surface area contributed by atoms with E-state index >= 15 is 0 Å². The quantitative estimate of drug-likeness (QED) is 0.828. The zero-order valence-corrected chi connectivity index (χ0v) is 12.4. The molecule has 20 heavy (non-hydrogen) atoms. The molecule has 0 aliphatic carbocycles. The van der Waals surface area contributed by atoms with Gasteiger partial charge >= 0.3 is 0 Å². The van der Waals surface area contributed by atoms with Gasteiger partial charge in [0.2, 0.25) is 0 Å². The van der Waals surface area contributed by atoms with E-state index in [0.29, 0.717) is 18.2 Å². The molecular weight excluding hydrogens is 256 g/mol. The summed E-state index contributed by atoms with van der Waals surface area (Å²) in [6.07, 6.45) is 0.873. The monoisotopic (exact) mass is 276 g/mol. The molecule has 0 fully saturated rings. The van der Waals surface area contributed by atoms with Crippen molar-refractivity contribution in [1.29, 1.82) is 0 Å². The standard InChI is InChI=1S/C14H20N4O2/c1-5-11-8-12(18(6-2)16-11)9-17-13(19)7-10(3)15-14(17)20-4/h7-8H,5-6,9H2,1-4H3. The van der Waals surface area contributed by atoms with Crippen LogP contribution < -0.4 is 10.3 Å². The fraction of sp³-hybridized carbons (Fsp3) is 0.500. The molecule has 2 heterocycles. The molecule has 0 saturated carbocycles.